The molecule has 2 heterocycles. The first kappa shape index (κ1) is 18.8. The number of carbonyl (C=O) groups is 1. The second-order valence-electron chi connectivity index (χ2n) is 5.37. The van der Waals surface area contributed by atoms with E-state index in [1.54, 1.807) is 0 Å². The Morgan fingerprint density at radius 3 is 2.81 bits per heavy atom. The number of thioether (sulfide) groups is 1. The van der Waals surface area contributed by atoms with Crippen molar-refractivity contribution in [1.82, 2.24) is 5.43 Å². The first-order valence-corrected chi connectivity index (χ1v) is 7.32. The average Bonchev–Trinajstić information content (AvgIpc) is 2.37. The number of nitrogens with one attached hydrogen (secondary N) is 2. The number of carbonyl (C=O) groups excluding carboxylic acids is 1. The van der Waals surface area contributed by atoms with Gasteiger partial charge >= 0.3 is 23.1 Å². The summed E-state index contributed by atoms with van der Waals surface area (Å²) in [5.41, 5.74) is 7.16. The van der Waals surface area contributed by atoms with Crippen molar-refractivity contribution in [3.05, 3.63) is 29.3 Å². The molecule has 4 nitrogen and oxygen atoms in total. The van der Waals surface area contributed by atoms with Crippen molar-refractivity contribution in [2.24, 2.45) is 5.10 Å². The number of hydrogen-bond acceptors (Lipinski definition) is 4. The number of rotatable bonds is 1. The number of aryl methyl sites for hydroxylation is 1. The van der Waals surface area contributed by atoms with Gasteiger partial charge in [-0.3, -0.25) is 4.79 Å². The Kier molecular flexibility index (Phi) is 6.58. The summed E-state index contributed by atoms with van der Waals surface area (Å²) in [6.07, 6.45) is 2.27. The molecular formula is C14H17BrMgN3OS+. The molecule has 0 bridgehead atoms. The van der Waals surface area contributed by atoms with Crippen LogP contribution >= 0.6 is 11.8 Å². The smallest absolute Gasteiger partial charge is 1.00 e. The molecule has 1 amide bonds. The van der Waals surface area contributed by atoms with Gasteiger partial charge in [0.15, 0.2) is 0 Å². The van der Waals surface area contributed by atoms with Gasteiger partial charge in [-0.15, -0.1) is 0 Å². The third kappa shape index (κ3) is 3.94. The fourth-order valence-corrected chi connectivity index (χ4v) is 3.39. The summed E-state index contributed by atoms with van der Waals surface area (Å²) in [7, 11) is 0. The van der Waals surface area contributed by atoms with E-state index >= 15 is 0 Å². The molecule has 0 spiro atoms. The standard InChI is InChI=1S/C14H17N3OS.BrH.Mg/c1-14(2)12(16-17-13(18)19-14)10-5-6-11-9(8-10)4-3-7-15-11;;/h5-6,8,15H,3-4,7H2,1-2H3,(H,17,18);1H;/q;;+2/p-1. The van der Waals surface area contributed by atoms with Crippen LogP contribution < -0.4 is 27.7 Å². The molecule has 0 saturated heterocycles. The van der Waals surface area contributed by atoms with Crippen molar-refractivity contribution in [3.63, 3.8) is 0 Å². The van der Waals surface area contributed by atoms with E-state index in [0.29, 0.717) is 0 Å². The molecular weight excluding hydrogens is 362 g/mol. The summed E-state index contributed by atoms with van der Waals surface area (Å²) in [6.45, 7) is 5.12. The number of amides is 1. The molecule has 108 valence electrons. The molecule has 0 atom stereocenters. The molecule has 0 saturated carbocycles. The van der Waals surface area contributed by atoms with Gasteiger partial charge in [0.2, 0.25) is 0 Å². The predicted molar refractivity (Wildman–Crippen MR) is 85.7 cm³/mol. The Balaban J connectivity index is 0.00000110. The molecule has 0 aliphatic carbocycles. The van der Waals surface area contributed by atoms with Crippen LogP contribution in [0.3, 0.4) is 0 Å². The maximum atomic E-state index is 11.4. The molecule has 0 aromatic heterocycles. The van der Waals surface area contributed by atoms with Crippen molar-refractivity contribution in [1.29, 1.82) is 0 Å². The summed E-state index contributed by atoms with van der Waals surface area (Å²) in [5.74, 6) is 0. The monoisotopic (exact) mass is 378 g/mol. The molecule has 7 heteroatoms. The van der Waals surface area contributed by atoms with Crippen molar-refractivity contribution in [3.8, 4) is 0 Å². The van der Waals surface area contributed by atoms with Crippen molar-refractivity contribution >= 4 is 51.5 Å². The zero-order chi connectivity index (χ0) is 13.5. The Hall–Kier alpha value is -0.244. The normalized spacial score (nSPS) is 19.0. The number of nitrogens with zero attached hydrogens (tertiary/aromatic N) is 1. The topological polar surface area (TPSA) is 53.5 Å². The van der Waals surface area contributed by atoms with Gasteiger partial charge in [0.1, 0.15) is 0 Å². The summed E-state index contributed by atoms with van der Waals surface area (Å²) >= 11 is 1.29. The molecule has 2 N–H and O–H groups in total. The SMILES string of the molecule is CC1(C)SC(=O)NN=C1c1ccc2c(c1)CCCN2.[Br-].[Mg+2]. The molecule has 0 fully saturated rings. The number of halogens is 1. The largest absolute Gasteiger partial charge is 2.00 e. The van der Waals surface area contributed by atoms with Gasteiger partial charge in [-0.2, -0.15) is 5.10 Å². The molecule has 1 aromatic rings. The number of fused-ring (bicyclic) bond motifs is 1. The van der Waals surface area contributed by atoms with Crippen LogP contribution in [0.2, 0.25) is 0 Å². The van der Waals surface area contributed by atoms with Crippen molar-refractivity contribution < 1.29 is 21.8 Å². The predicted octanol–water partition coefficient (Wildman–Crippen LogP) is -0.393. The van der Waals surface area contributed by atoms with E-state index < -0.39 is 0 Å². The fourth-order valence-electron chi connectivity index (χ4n) is 2.57. The third-order valence-electron chi connectivity index (χ3n) is 3.49. The molecule has 1 aromatic carbocycles. The van der Waals surface area contributed by atoms with E-state index in [-0.39, 0.29) is 50.0 Å². The molecule has 21 heavy (non-hydrogen) atoms. The summed E-state index contributed by atoms with van der Waals surface area (Å²) in [6, 6.07) is 6.39. The van der Waals surface area contributed by atoms with Gasteiger partial charge < -0.3 is 22.3 Å². The van der Waals surface area contributed by atoms with Crippen molar-refractivity contribution in [2.75, 3.05) is 11.9 Å². The summed E-state index contributed by atoms with van der Waals surface area (Å²) in [4.78, 5) is 11.4. The second-order valence-corrected chi connectivity index (χ2v) is 6.97. The maximum absolute atomic E-state index is 11.4. The van der Waals surface area contributed by atoms with Gasteiger partial charge in [0, 0.05) is 12.2 Å². The van der Waals surface area contributed by atoms with Crippen LogP contribution in [0.1, 0.15) is 31.4 Å². The van der Waals surface area contributed by atoms with Crippen LogP contribution in [0.5, 0.6) is 0 Å². The number of hydrogen-bond donors (Lipinski definition) is 2. The number of benzene rings is 1. The van der Waals surface area contributed by atoms with E-state index in [9.17, 15) is 4.79 Å². The van der Waals surface area contributed by atoms with E-state index in [1.807, 2.05) is 13.8 Å². The number of hydrazone groups is 1. The first-order valence-electron chi connectivity index (χ1n) is 6.50. The van der Waals surface area contributed by atoms with Crippen LogP contribution in [-0.4, -0.2) is 45.3 Å². The fraction of sp³-hybridized carbons (Fsp3) is 0.429. The van der Waals surface area contributed by atoms with Gasteiger partial charge in [0.05, 0.1) is 10.5 Å². The van der Waals surface area contributed by atoms with Gasteiger partial charge in [0.25, 0.3) is 5.24 Å². The summed E-state index contributed by atoms with van der Waals surface area (Å²) in [5, 5.41) is 7.57. The van der Waals surface area contributed by atoms with Crippen LogP contribution in [0.15, 0.2) is 23.3 Å². The van der Waals surface area contributed by atoms with Crippen LogP contribution in [0.25, 0.3) is 0 Å². The van der Waals surface area contributed by atoms with E-state index in [0.717, 1.165) is 30.7 Å². The van der Waals surface area contributed by atoms with E-state index in [4.69, 9.17) is 0 Å². The Morgan fingerprint density at radius 2 is 2.10 bits per heavy atom. The molecule has 2 aliphatic heterocycles. The zero-order valence-corrected chi connectivity index (χ0v) is 16.0. The van der Waals surface area contributed by atoms with E-state index in [2.05, 4.69) is 34.0 Å². The summed E-state index contributed by atoms with van der Waals surface area (Å²) < 4.78 is -0.293. The Morgan fingerprint density at radius 1 is 1.33 bits per heavy atom. The molecule has 0 radical (unpaired) electrons. The third-order valence-corrected chi connectivity index (χ3v) is 4.47. The molecule has 2 aliphatic rings. The second kappa shape index (κ2) is 7.35. The minimum Gasteiger partial charge on any atom is -1.00 e. The van der Waals surface area contributed by atoms with Gasteiger partial charge in [-0.25, -0.2) is 5.43 Å². The Bertz CT molecular complexity index is 577. The van der Waals surface area contributed by atoms with Gasteiger partial charge in [-0.1, -0.05) is 17.8 Å². The first-order chi connectivity index (χ1) is 9.06. The minimum absolute atomic E-state index is 0. The maximum Gasteiger partial charge on any atom is 2.00 e. The average molecular weight is 380 g/mol. The van der Waals surface area contributed by atoms with E-state index in [1.165, 1.54) is 23.0 Å². The van der Waals surface area contributed by atoms with Crippen molar-refractivity contribution in [2.45, 2.75) is 31.4 Å². The quantitative estimate of drug-likeness (QED) is 0.654. The van der Waals surface area contributed by atoms with Gasteiger partial charge in [-0.05, 0) is 49.9 Å². The van der Waals surface area contributed by atoms with Crippen LogP contribution in [-0.2, 0) is 6.42 Å². The molecule has 3 rings (SSSR count). The Labute approximate surface area is 155 Å². The minimum atomic E-state index is -0.293. The molecule has 0 unspecified atom stereocenters. The van der Waals surface area contributed by atoms with Crippen LogP contribution in [0.4, 0.5) is 10.5 Å². The number of anilines is 1. The van der Waals surface area contributed by atoms with Crippen LogP contribution in [0, 0.1) is 0 Å². The zero-order valence-electron chi connectivity index (χ0n) is 12.2.